The number of hydrogen-bond donors (Lipinski definition) is 0. The normalized spacial score (nSPS) is 14.7. The number of hydrogen-bond acceptors (Lipinski definition) is 4. The van der Waals surface area contributed by atoms with Gasteiger partial charge in [-0.3, -0.25) is 4.79 Å². The Hall–Kier alpha value is -1.58. The summed E-state index contributed by atoms with van der Waals surface area (Å²) in [5.41, 5.74) is 1.35. The number of carbonyl (C=O) groups is 1. The molecule has 0 aliphatic carbocycles. The van der Waals surface area contributed by atoms with Gasteiger partial charge in [0.1, 0.15) is 12.3 Å². The number of ether oxygens (including phenoxy) is 1. The number of aromatic nitrogens is 1. The van der Waals surface area contributed by atoms with Crippen molar-refractivity contribution in [2.75, 3.05) is 25.1 Å². The van der Waals surface area contributed by atoms with Gasteiger partial charge in [-0.05, 0) is 12.1 Å². The number of rotatable bonds is 1. The molecule has 0 amide bonds. The number of nitrogens with zero attached hydrogens (tertiary/aromatic N) is 2. The molecule has 4 nitrogen and oxygen atoms in total. The Labute approximate surface area is 76.1 Å². The van der Waals surface area contributed by atoms with E-state index in [1.807, 2.05) is 13.1 Å². The Bertz CT molecular complexity index is 338. The molecular weight excluding hydrogens is 168 g/mol. The minimum atomic E-state index is 0.411. The maximum Gasteiger partial charge on any atom is 0.238 e. The summed E-state index contributed by atoms with van der Waals surface area (Å²) in [6, 6.07) is 3.54. The molecule has 1 aromatic heterocycles. The van der Waals surface area contributed by atoms with Crippen molar-refractivity contribution >= 4 is 12.0 Å². The monoisotopic (exact) mass is 178 g/mol. The van der Waals surface area contributed by atoms with Gasteiger partial charge in [-0.25, -0.2) is 4.98 Å². The average molecular weight is 178 g/mol. The molecule has 0 aromatic carbocycles. The van der Waals surface area contributed by atoms with Crippen LogP contribution in [0.25, 0.3) is 0 Å². The third kappa shape index (κ3) is 1.35. The Morgan fingerprint density at radius 2 is 2.46 bits per heavy atom. The van der Waals surface area contributed by atoms with Crippen LogP contribution < -0.4 is 9.64 Å². The average Bonchev–Trinajstić information content (AvgIpc) is 2.18. The number of aldehydes is 1. The van der Waals surface area contributed by atoms with Gasteiger partial charge in [0.2, 0.25) is 5.88 Å². The van der Waals surface area contributed by atoms with Crippen LogP contribution in [-0.2, 0) is 0 Å². The Balaban J connectivity index is 2.45. The highest BCUT2D eigenvalue weighted by Gasteiger charge is 2.15. The first-order valence-corrected chi connectivity index (χ1v) is 4.11. The second kappa shape index (κ2) is 3.05. The van der Waals surface area contributed by atoms with Gasteiger partial charge in [-0.15, -0.1) is 0 Å². The molecule has 0 atom stereocenters. The molecule has 1 aliphatic heterocycles. The number of pyridine rings is 1. The zero-order chi connectivity index (χ0) is 9.26. The molecule has 2 heterocycles. The predicted molar refractivity (Wildman–Crippen MR) is 48.4 cm³/mol. The molecule has 68 valence electrons. The molecule has 0 bridgehead atoms. The first kappa shape index (κ1) is 8.04. The second-order valence-corrected chi connectivity index (χ2v) is 2.95. The van der Waals surface area contributed by atoms with Gasteiger partial charge in [-0.1, -0.05) is 0 Å². The molecule has 4 heteroatoms. The lowest BCUT2D eigenvalue weighted by Crippen LogP contribution is -2.29. The Morgan fingerprint density at radius 1 is 1.62 bits per heavy atom. The van der Waals surface area contributed by atoms with Crippen molar-refractivity contribution in [3.05, 3.63) is 17.8 Å². The molecule has 0 fully saturated rings. The molecule has 0 spiro atoms. The molecular formula is C9H10N2O2. The van der Waals surface area contributed by atoms with Crippen molar-refractivity contribution in [1.82, 2.24) is 4.98 Å². The van der Waals surface area contributed by atoms with Crippen LogP contribution in [0.4, 0.5) is 5.69 Å². The lowest BCUT2D eigenvalue weighted by molar-refractivity contribution is 0.111. The molecule has 1 aliphatic rings. The molecule has 2 rings (SSSR count). The van der Waals surface area contributed by atoms with Gasteiger partial charge in [0, 0.05) is 7.05 Å². The van der Waals surface area contributed by atoms with Crippen LogP contribution in [0.2, 0.25) is 0 Å². The summed E-state index contributed by atoms with van der Waals surface area (Å²) >= 11 is 0. The lowest BCUT2D eigenvalue weighted by atomic mass is 10.3. The van der Waals surface area contributed by atoms with Gasteiger partial charge >= 0.3 is 0 Å². The standard InChI is InChI=1S/C9H10N2O2/c1-11-4-5-13-9-8(11)3-2-7(6-12)10-9/h2-3,6H,4-5H2,1H3. The maximum absolute atomic E-state index is 10.4. The van der Waals surface area contributed by atoms with E-state index in [1.54, 1.807) is 6.07 Å². The topological polar surface area (TPSA) is 42.4 Å². The SMILES string of the molecule is CN1CCOc2nc(C=O)ccc21. The van der Waals surface area contributed by atoms with Crippen molar-refractivity contribution < 1.29 is 9.53 Å². The van der Waals surface area contributed by atoms with E-state index in [2.05, 4.69) is 9.88 Å². The van der Waals surface area contributed by atoms with Crippen LogP contribution in [0.5, 0.6) is 5.88 Å². The highest BCUT2D eigenvalue weighted by Crippen LogP contribution is 2.27. The quantitative estimate of drug-likeness (QED) is 0.594. The lowest BCUT2D eigenvalue weighted by Gasteiger charge is -2.26. The highest BCUT2D eigenvalue weighted by atomic mass is 16.5. The Kier molecular flexibility index (Phi) is 1.88. The van der Waals surface area contributed by atoms with Crippen LogP contribution >= 0.6 is 0 Å². The molecule has 0 N–H and O–H groups in total. The molecule has 1 aromatic rings. The fourth-order valence-electron chi connectivity index (χ4n) is 1.31. The molecule has 13 heavy (non-hydrogen) atoms. The first-order chi connectivity index (χ1) is 6.31. The number of likely N-dealkylation sites (N-methyl/N-ethyl adjacent to an activating group) is 1. The van der Waals surface area contributed by atoms with E-state index in [1.165, 1.54) is 0 Å². The number of carbonyl (C=O) groups excluding carboxylic acids is 1. The zero-order valence-corrected chi connectivity index (χ0v) is 7.36. The second-order valence-electron chi connectivity index (χ2n) is 2.95. The van der Waals surface area contributed by atoms with Crippen LogP contribution in [-0.4, -0.2) is 31.5 Å². The Morgan fingerprint density at radius 3 is 3.23 bits per heavy atom. The van der Waals surface area contributed by atoms with Crippen LogP contribution in [0, 0.1) is 0 Å². The van der Waals surface area contributed by atoms with Crippen molar-refractivity contribution in [3.63, 3.8) is 0 Å². The minimum Gasteiger partial charge on any atom is -0.474 e. The van der Waals surface area contributed by atoms with Gasteiger partial charge in [0.25, 0.3) is 0 Å². The smallest absolute Gasteiger partial charge is 0.238 e. The minimum absolute atomic E-state index is 0.411. The highest BCUT2D eigenvalue weighted by molar-refractivity contribution is 5.74. The van der Waals surface area contributed by atoms with Gasteiger partial charge in [0.15, 0.2) is 6.29 Å². The van der Waals surface area contributed by atoms with E-state index in [0.717, 1.165) is 18.5 Å². The summed E-state index contributed by atoms with van der Waals surface area (Å²) in [7, 11) is 1.98. The fraction of sp³-hybridized carbons (Fsp3) is 0.333. The van der Waals surface area contributed by atoms with E-state index in [4.69, 9.17) is 4.74 Å². The van der Waals surface area contributed by atoms with Crippen LogP contribution in [0.1, 0.15) is 10.5 Å². The molecule has 0 saturated heterocycles. The summed E-state index contributed by atoms with van der Waals surface area (Å²) in [5, 5.41) is 0. The fourth-order valence-corrected chi connectivity index (χ4v) is 1.31. The summed E-state index contributed by atoms with van der Waals surface area (Å²) in [6.45, 7) is 1.48. The van der Waals surface area contributed by atoms with E-state index < -0.39 is 0 Å². The molecule has 0 unspecified atom stereocenters. The third-order valence-corrected chi connectivity index (χ3v) is 2.06. The summed E-state index contributed by atoms with van der Waals surface area (Å²) < 4.78 is 5.32. The zero-order valence-electron chi connectivity index (χ0n) is 7.36. The van der Waals surface area contributed by atoms with E-state index >= 15 is 0 Å². The van der Waals surface area contributed by atoms with Gasteiger partial charge < -0.3 is 9.64 Å². The van der Waals surface area contributed by atoms with Crippen LogP contribution in [0.15, 0.2) is 12.1 Å². The van der Waals surface area contributed by atoms with Crippen LogP contribution in [0.3, 0.4) is 0 Å². The predicted octanol–water partition coefficient (Wildman–Crippen LogP) is 0.723. The van der Waals surface area contributed by atoms with Gasteiger partial charge in [0.05, 0.1) is 12.2 Å². The largest absolute Gasteiger partial charge is 0.474 e. The third-order valence-electron chi connectivity index (χ3n) is 2.06. The first-order valence-electron chi connectivity index (χ1n) is 4.11. The number of fused-ring (bicyclic) bond motifs is 1. The van der Waals surface area contributed by atoms with Crippen molar-refractivity contribution in [2.24, 2.45) is 0 Å². The van der Waals surface area contributed by atoms with Crippen molar-refractivity contribution in [1.29, 1.82) is 0 Å². The van der Waals surface area contributed by atoms with Crippen molar-refractivity contribution in [2.45, 2.75) is 0 Å². The van der Waals surface area contributed by atoms with Crippen molar-refractivity contribution in [3.8, 4) is 5.88 Å². The van der Waals surface area contributed by atoms with Gasteiger partial charge in [-0.2, -0.15) is 0 Å². The summed E-state index contributed by atoms with van der Waals surface area (Å²) in [6.07, 6.45) is 0.720. The van der Waals surface area contributed by atoms with E-state index in [0.29, 0.717) is 18.2 Å². The summed E-state index contributed by atoms with van der Waals surface area (Å²) in [4.78, 5) is 16.5. The maximum atomic E-state index is 10.4. The summed E-state index contributed by atoms with van der Waals surface area (Å²) in [5.74, 6) is 0.554. The molecule has 0 radical (unpaired) electrons. The van der Waals surface area contributed by atoms with E-state index in [-0.39, 0.29) is 0 Å². The number of anilines is 1. The molecule has 0 saturated carbocycles. The van der Waals surface area contributed by atoms with E-state index in [9.17, 15) is 4.79 Å².